The Balaban J connectivity index is 2.09. The molecule has 5 heteroatoms. The zero-order chi connectivity index (χ0) is 11.8. The summed E-state index contributed by atoms with van der Waals surface area (Å²) in [5.41, 5.74) is 3.42. The summed E-state index contributed by atoms with van der Waals surface area (Å²) >= 11 is 1.48. The number of fused-ring (bicyclic) bond motifs is 1. The lowest BCUT2D eigenvalue weighted by Gasteiger charge is -1.95. The van der Waals surface area contributed by atoms with E-state index in [0.717, 1.165) is 21.6 Å². The third-order valence-corrected chi connectivity index (χ3v) is 3.42. The van der Waals surface area contributed by atoms with Crippen molar-refractivity contribution in [2.24, 2.45) is 0 Å². The van der Waals surface area contributed by atoms with Crippen LogP contribution in [0.3, 0.4) is 0 Å². The maximum absolute atomic E-state index is 11.2. The van der Waals surface area contributed by atoms with Crippen LogP contribution >= 0.6 is 11.3 Å². The van der Waals surface area contributed by atoms with E-state index in [1.807, 2.05) is 18.2 Å². The minimum absolute atomic E-state index is 0.00452. The molecule has 4 nitrogen and oxygen atoms in total. The van der Waals surface area contributed by atoms with Crippen molar-refractivity contribution in [1.82, 2.24) is 15.0 Å². The molecule has 2 aromatic heterocycles. The molecule has 0 radical (unpaired) electrons. The molecule has 3 aromatic rings. The van der Waals surface area contributed by atoms with E-state index >= 15 is 0 Å². The van der Waals surface area contributed by atoms with Gasteiger partial charge in [-0.3, -0.25) is 4.79 Å². The molecule has 0 unspecified atom stereocenters. The van der Waals surface area contributed by atoms with Crippen LogP contribution in [0.1, 0.15) is 17.4 Å². The van der Waals surface area contributed by atoms with Gasteiger partial charge in [0.05, 0.1) is 17.4 Å². The first kappa shape index (κ1) is 10.2. The summed E-state index contributed by atoms with van der Waals surface area (Å²) < 4.78 is 0. The minimum Gasteiger partial charge on any atom is -0.345 e. The van der Waals surface area contributed by atoms with Crippen LogP contribution in [-0.4, -0.2) is 20.7 Å². The Bertz CT molecular complexity index is 698. The van der Waals surface area contributed by atoms with Gasteiger partial charge >= 0.3 is 0 Å². The van der Waals surface area contributed by atoms with Crippen molar-refractivity contribution in [3.05, 3.63) is 35.6 Å². The zero-order valence-electron chi connectivity index (χ0n) is 9.10. The van der Waals surface area contributed by atoms with Gasteiger partial charge < -0.3 is 4.98 Å². The molecule has 0 fully saturated rings. The lowest BCUT2D eigenvalue weighted by atomic mass is 10.2. The standard InChI is InChI=1S/C12H9N3OS/c1-7(16)11-5-17-12(15-11)8-2-3-9-10(4-8)14-6-13-9/h2-6H,1H3,(H,13,14). The maximum atomic E-state index is 11.2. The fourth-order valence-corrected chi connectivity index (χ4v) is 2.49. The number of nitrogens with zero attached hydrogens (tertiary/aromatic N) is 2. The second-order valence-corrected chi connectivity index (χ2v) is 4.59. The number of hydrogen-bond donors (Lipinski definition) is 1. The summed E-state index contributed by atoms with van der Waals surface area (Å²) in [6.45, 7) is 1.52. The molecule has 0 amide bonds. The van der Waals surface area contributed by atoms with Crippen molar-refractivity contribution in [1.29, 1.82) is 0 Å². The van der Waals surface area contributed by atoms with E-state index in [-0.39, 0.29) is 5.78 Å². The van der Waals surface area contributed by atoms with Crippen molar-refractivity contribution in [3.63, 3.8) is 0 Å². The van der Waals surface area contributed by atoms with E-state index in [9.17, 15) is 4.79 Å². The van der Waals surface area contributed by atoms with E-state index in [2.05, 4.69) is 15.0 Å². The van der Waals surface area contributed by atoms with Crippen LogP contribution in [0.2, 0.25) is 0 Å². The number of carbonyl (C=O) groups is 1. The molecule has 0 aliphatic heterocycles. The molecular formula is C12H9N3OS. The van der Waals surface area contributed by atoms with E-state index in [1.54, 1.807) is 11.7 Å². The zero-order valence-corrected chi connectivity index (χ0v) is 9.91. The number of imidazole rings is 1. The van der Waals surface area contributed by atoms with Gasteiger partial charge in [-0.1, -0.05) is 0 Å². The van der Waals surface area contributed by atoms with Gasteiger partial charge in [-0.2, -0.15) is 0 Å². The number of benzene rings is 1. The molecule has 0 aliphatic carbocycles. The molecule has 0 bridgehead atoms. The second kappa shape index (κ2) is 3.78. The number of aromatic amines is 1. The summed E-state index contributed by atoms with van der Waals surface area (Å²) in [6, 6.07) is 5.90. The number of H-pyrrole nitrogens is 1. The first-order chi connectivity index (χ1) is 8.24. The van der Waals surface area contributed by atoms with Gasteiger partial charge in [0.2, 0.25) is 0 Å². The van der Waals surface area contributed by atoms with Gasteiger partial charge in [-0.05, 0) is 18.2 Å². The number of thiazole rings is 1. The summed E-state index contributed by atoms with van der Waals surface area (Å²) in [4.78, 5) is 22.7. The molecule has 0 atom stereocenters. The average Bonchev–Trinajstić information content (AvgIpc) is 2.97. The van der Waals surface area contributed by atoms with E-state index in [4.69, 9.17) is 0 Å². The fourth-order valence-electron chi connectivity index (χ4n) is 1.64. The van der Waals surface area contributed by atoms with Gasteiger partial charge in [0.15, 0.2) is 5.78 Å². The predicted octanol–water partition coefficient (Wildman–Crippen LogP) is 2.89. The molecule has 0 spiro atoms. The Morgan fingerprint density at radius 2 is 2.29 bits per heavy atom. The van der Waals surface area contributed by atoms with Crippen molar-refractivity contribution < 1.29 is 4.79 Å². The van der Waals surface area contributed by atoms with E-state index in [1.165, 1.54) is 18.3 Å². The molecule has 1 aromatic carbocycles. The Kier molecular flexibility index (Phi) is 2.26. The minimum atomic E-state index is -0.00452. The first-order valence-electron chi connectivity index (χ1n) is 5.14. The quantitative estimate of drug-likeness (QED) is 0.704. The van der Waals surface area contributed by atoms with Crippen LogP contribution in [0.5, 0.6) is 0 Å². The highest BCUT2D eigenvalue weighted by Gasteiger charge is 2.08. The number of hydrogen-bond acceptors (Lipinski definition) is 4. The largest absolute Gasteiger partial charge is 0.345 e. The van der Waals surface area contributed by atoms with Crippen LogP contribution in [0.15, 0.2) is 29.9 Å². The number of nitrogens with one attached hydrogen (secondary N) is 1. The van der Waals surface area contributed by atoms with Crippen molar-refractivity contribution in [3.8, 4) is 10.6 Å². The van der Waals surface area contributed by atoms with Gasteiger partial charge in [0.1, 0.15) is 10.7 Å². The van der Waals surface area contributed by atoms with E-state index < -0.39 is 0 Å². The molecule has 3 rings (SSSR count). The van der Waals surface area contributed by atoms with Crippen molar-refractivity contribution >= 4 is 28.2 Å². The highest BCUT2D eigenvalue weighted by molar-refractivity contribution is 7.13. The Labute approximate surface area is 101 Å². The molecule has 2 heterocycles. The van der Waals surface area contributed by atoms with Crippen LogP contribution in [0, 0.1) is 0 Å². The summed E-state index contributed by atoms with van der Waals surface area (Å²) in [5, 5.41) is 2.64. The molecule has 0 saturated carbocycles. The average molecular weight is 243 g/mol. The summed E-state index contributed by atoms with van der Waals surface area (Å²) in [6.07, 6.45) is 1.66. The molecule has 0 aliphatic rings. The Morgan fingerprint density at radius 3 is 3.06 bits per heavy atom. The second-order valence-electron chi connectivity index (χ2n) is 3.73. The fraction of sp³-hybridized carbons (Fsp3) is 0.0833. The topological polar surface area (TPSA) is 58.6 Å². The van der Waals surface area contributed by atoms with Gasteiger partial charge in [-0.25, -0.2) is 9.97 Å². The van der Waals surface area contributed by atoms with E-state index in [0.29, 0.717) is 5.69 Å². The molecule has 17 heavy (non-hydrogen) atoms. The van der Waals surface area contributed by atoms with Crippen LogP contribution < -0.4 is 0 Å². The molecule has 0 saturated heterocycles. The molecular weight excluding hydrogens is 234 g/mol. The lowest BCUT2D eigenvalue weighted by molar-refractivity contribution is 0.101. The van der Waals surface area contributed by atoms with Gasteiger partial charge in [0, 0.05) is 17.9 Å². The third kappa shape index (κ3) is 1.74. The highest BCUT2D eigenvalue weighted by Crippen LogP contribution is 2.26. The molecule has 84 valence electrons. The Morgan fingerprint density at radius 1 is 1.41 bits per heavy atom. The summed E-state index contributed by atoms with van der Waals surface area (Å²) in [7, 11) is 0. The number of Topliss-reactive ketones (excluding diaryl/α,β-unsaturated/α-hetero) is 1. The maximum Gasteiger partial charge on any atom is 0.178 e. The first-order valence-corrected chi connectivity index (χ1v) is 6.02. The number of aromatic nitrogens is 3. The number of rotatable bonds is 2. The monoisotopic (exact) mass is 243 g/mol. The van der Waals surface area contributed by atoms with Crippen LogP contribution in [-0.2, 0) is 0 Å². The predicted molar refractivity (Wildman–Crippen MR) is 67.2 cm³/mol. The van der Waals surface area contributed by atoms with Gasteiger partial charge in [-0.15, -0.1) is 11.3 Å². The lowest BCUT2D eigenvalue weighted by Crippen LogP contribution is -1.91. The normalized spacial score (nSPS) is 10.9. The van der Waals surface area contributed by atoms with Crippen LogP contribution in [0.4, 0.5) is 0 Å². The molecule has 1 N–H and O–H groups in total. The SMILES string of the molecule is CC(=O)c1csc(-c2ccc3nc[nH]c3c2)n1. The smallest absolute Gasteiger partial charge is 0.178 e. The number of ketones is 1. The van der Waals surface area contributed by atoms with Gasteiger partial charge in [0.25, 0.3) is 0 Å². The van der Waals surface area contributed by atoms with Crippen LogP contribution in [0.25, 0.3) is 21.6 Å². The van der Waals surface area contributed by atoms with Crippen molar-refractivity contribution in [2.75, 3.05) is 0 Å². The van der Waals surface area contributed by atoms with Crippen molar-refractivity contribution in [2.45, 2.75) is 6.92 Å². The summed E-state index contributed by atoms with van der Waals surface area (Å²) in [5.74, 6) is -0.00452. The third-order valence-electron chi connectivity index (χ3n) is 2.53. The highest BCUT2D eigenvalue weighted by atomic mass is 32.1. The Hall–Kier alpha value is -2.01. The number of carbonyl (C=O) groups excluding carboxylic acids is 1.